The molecule has 94 valence electrons. The number of aliphatic hydroxyl groups excluding tert-OH is 1. The summed E-state index contributed by atoms with van der Waals surface area (Å²) in [5.74, 6) is 1.44. The summed E-state index contributed by atoms with van der Waals surface area (Å²) in [6, 6.07) is 2.09. The molecule has 2 rings (SSSR count). The zero-order valence-corrected chi connectivity index (χ0v) is 11.0. The van der Waals surface area contributed by atoms with Crippen LogP contribution in [0.3, 0.4) is 0 Å². The van der Waals surface area contributed by atoms with Gasteiger partial charge in [-0.3, -0.25) is 4.98 Å². The summed E-state index contributed by atoms with van der Waals surface area (Å²) in [7, 11) is 0. The lowest BCUT2D eigenvalue weighted by molar-refractivity contribution is 0.280. The van der Waals surface area contributed by atoms with Gasteiger partial charge in [-0.25, -0.2) is 0 Å². The van der Waals surface area contributed by atoms with Crippen molar-refractivity contribution in [3.63, 3.8) is 0 Å². The minimum absolute atomic E-state index is 0.0713. The second-order valence-corrected chi connectivity index (χ2v) is 5.46. The quantitative estimate of drug-likeness (QED) is 0.853. The van der Waals surface area contributed by atoms with Crippen molar-refractivity contribution in [2.24, 2.45) is 11.8 Å². The SMILES string of the molecule is Cc1cc(N2CC(C)CC(C)C2)c(CO)cn1. The van der Waals surface area contributed by atoms with Crippen LogP contribution in [0.4, 0.5) is 5.69 Å². The second kappa shape index (κ2) is 5.05. The van der Waals surface area contributed by atoms with Crippen molar-refractivity contribution in [1.82, 2.24) is 4.98 Å². The molecule has 0 spiro atoms. The summed E-state index contributed by atoms with van der Waals surface area (Å²) in [4.78, 5) is 6.66. The third-order valence-corrected chi connectivity index (χ3v) is 3.48. The number of aromatic nitrogens is 1. The van der Waals surface area contributed by atoms with Gasteiger partial charge >= 0.3 is 0 Å². The number of piperidine rings is 1. The maximum absolute atomic E-state index is 9.41. The van der Waals surface area contributed by atoms with Crippen molar-refractivity contribution < 1.29 is 5.11 Å². The van der Waals surface area contributed by atoms with Crippen LogP contribution >= 0.6 is 0 Å². The molecule has 1 saturated heterocycles. The molecular weight excluding hydrogens is 212 g/mol. The minimum Gasteiger partial charge on any atom is -0.392 e. The molecule has 0 radical (unpaired) electrons. The highest BCUT2D eigenvalue weighted by Gasteiger charge is 2.23. The number of anilines is 1. The van der Waals surface area contributed by atoms with Crippen molar-refractivity contribution in [1.29, 1.82) is 0 Å². The van der Waals surface area contributed by atoms with Crippen molar-refractivity contribution in [3.05, 3.63) is 23.5 Å². The Morgan fingerprint density at radius 3 is 2.59 bits per heavy atom. The Morgan fingerprint density at radius 1 is 1.35 bits per heavy atom. The number of hydrogen-bond acceptors (Lipinski definition) is 3. The van der Waals surface area contributed by atoms with Gasteiger partial charge < -0.3 is 10.0 Å². The number of aliphatic hydroxyl groups is 1. The molecule has 1 aromatic heterocycles. The van der Waals surface area contributed by atoms with E-state index in [2.05, 4.69) is 29.8 Å². The summed E-state index contributed by atoms with van der Waals surface area (Å²) in [6.07, 6.45) is 3.10. The molecule has 0 aromatic carbocycles. The fourth-order valence-electron chi connectivity index (χ4n) is 2.85. The van der Waals surface area contributed by atoms with E-state index < -0.39 is 0 Å². The Bertz CT molecular complexity index is 382. The number of pyridine rings is 1. The van der Waals surface area contributed by atoms with Gasteiger partial charge in [0.1, 0.15) is 0 Å². The maximum atomic E-state index is 9.41. The van der Waals surface area contributed by atoms with E-state index in [0.29, 0.717) is 0 Å². The largest absolute Gasteiger partial charge is 0.392 e. The smallest absolute Gasteiger partial charge is 0.0717 e. The van der Waals surface area contributed by atoms with Gasteiger partial charge in [0.15, 0.2) is 0 Å². The molecule has 0 aliphatic carbocycles. The van der Waals surface area contributed by atoms with E-state index in [1.165, 1.54) is 12.1 Å². The Hall–Kier alpha value is -1.09. The fraction of sp³-hybridized carbons (Fsp3) is 0.643. The number of rotatable bonds is 2. The van der Waals surface area contributed by atoms with E-state index in [1.807, 2.05) is 6.92 Å². The van der Waals surface area contributed by atoms with E-state index in [9.17, 15) is 5.11 Å². The predicted molar refractivity (Wildman–Crippen MR) is 70.1 cm³/mol. The van der Waals surface area contributed by atoms with Crippen molar-refractivity contribution in [3.8, 4) is 0 Å². The zero-order valence-electron chi connectivity index (χ0n) is 11.0. The van der Waals surface area contributed by atoms with E-state index in [1.54, 1.807) is 6.20 Å². The van der Waals surface area contributed by atoms with Gasteiger partial charge in [0.25, 0.3) is 0 Å². The molecule has 1 N–H and O–H groups in total. The monoisotopic (exact) mass is 234 g/mol. The molecule has 1 aromatic rings. The Balaban J connectivity index is 2.28. The average Bonchev–Trinajstić information content (AvgIpc) is 2.27. The van der Waals surface area contributed by atoms with Crippen LogP contribution in [-0.4, -0.2) is 23.2 Å². The van der Waals surface area contributed by atoms with Crippen molar-refractivity contribution in [2.45, 2.75) is 33.8 Å². The maximum Gasteiger partial charge on any atom is 0.0717 e. The molecule has 3 heteroatoms. The lowest BCUT2D eigenvalue weighted by atomic mass is 9.91. The van der Waals surface area contributed by atoms with Gasteiger partial charge in [0, 0.05) is 36.2 Å². The van der Waals surface area contributed by atoms with Crippen LogP contribution in [0.25, 0.3) is 0 Å². The Labute approximate surface area is 103 Å². The highest BCUT2D eigenvalue weighted by molar-refractivity contribution is 5.53. The lowest BCUT2D eigenvalue weighted by Crippen LogP contribution is -2.39. The first-order chi connectivity index (χ1) is 8.10. The van der Waals surface area contributed by atoms with E-state index >= 15 is 0 Å². The van der Waals surface area contributed by atoms with Crippen LogP contribution in [0.15, 0.2) is 12.3 Å². The summed E-state index contributed by atoms with van der Waals surface area (Å²) >= 11 is 0. The number of nitrogens with zero attached hydrogens (tertiary/aromatic N) is 2. The van der Waals surface area contributed by atoms with E-state index in [4.69, 9.17) is 0 Å². The second-order valence-electron chi connectivity index (χ2n) is 5.46. The normalized spacial score (nSPS) is 25.1. The van der Waals surface area contributed by atoms with Gasteiger partial charge in [-0.15, -0.1) is 0 Å². The molecule has 0 bridgehead atoms. The molecule has 2 atom stereocenters. The highest BCUT2D eigenvalue weighted by Crippen LogP contribution is 2.28. The standard InChI is InChI=1S/C14H22N2O/c1-10-4-11(2)8-16(7-10)14-5-12(3)15-6-13(14)9-17/h5-6,10-11,17H,4,7-9H2,1-3H3. The molecule has 17 heavy (non-hydrogen) atoms. The zero-order chi connectivity index (χ0) is 12.4. The molecule has 0 amide bonds. The van der Waals surface area contributed by atoms with Crippen LogP contribution < -0.4 is 4.90 Å². The number of aryl methyl sites for hydroxylation is 1. The molecule has 1 fully saturated rings. The van der Waals surface area contributed by atoms with Gasteiger partial charge in [-0.1, -0.05) is 13.8 Å². The summed E-state index contributed by atoms with van der Waals surface area (Å²) in [5.41, 5.74) is 3.12. The molecular formula is C14H22N2O. The Kier molecular flexibility index (Phi) is 3.67. The summed E-state index contributed by atoms with van der Waals surface area (Å²) in [5, 5.41) is 9.41. The third-order valence-electron chi connectivity index (χ3n) is 3.48. The lowest BCUT2D eigenvalue weighted by Gasteiger charge is -2.37. The molecule has 1 aliphatic heterocycles. The van der Waals surface area contributed by atoms with Gasteiger partial charge in [-0.2, -0.15) is 0 Å². The van der Waals surface area contributed by atoms with Gasteiger partial charge in [-0.05, 0) is 31.2 Å². The molecule has 3 nitrogen and oxygen atoms in total. The topological polar surface area (TPSA) is 36.4 Å². The minimum atomic E-state index is 0.0713. The fourth-order valence-corrected chi connectivity index (χ4v) is 2.85. The first kappa shape index (κ1) is 12.4. The van der Waals surface area contributed by atoms with E-state index in [0.717, 1.165) is 36.2 Å². The molecule has 2 unspecified atom stereocenters. The van der Waals surface area contributed by atoms with Crippen LogP contribution in [0.1, 0.15) is 31.5 Å². The Morgan fingerprint density at radius 2 is 2.00 bits per heavy atom. The molecule has 1 aliphatic rings. The predicted octanol–water partition coefficient (Wildman–Crippen LogP) is 2.36. The van der Waals surface area contributed by atoms with Crippen LogP contribution in [-0.2, 0) is 6.61 Å². The summed E-state index contributed by atoms with van der Waals surface area (Å²) < 4.78 is 0. The number of hydrogen-bond donors (Lipinski definition) is 1. The highest BCUT2D eigenvalue weighted by atomic mass is 16.3. The van der Waals surface area contributed by atoms with E-state index in [-0.39, 0.29) is 6.61 Å². The van der Waals surface area contributed by atoms with Gasteiger partial charge in [0.2, 0.25) is 0 Å². The third kappa shape index (κ3) is 2.78. The van der Waals surface area contributed by atoms with Crippen LogP contribution in [0.2, 0.25) is 0 Å². The average molecular weight is 234 g/mol. The molecule has 2 heterocycles. The van der Waals surface area contributed by atoms with Gasteiger partial charge in [0.05, 0.1) is 6.61 Å². The van der Waals surface area contributed by atoms with Crippen LogP contribution in [0.5, 0.6) is 0 Å². The first-order valence-electron chi connectivity index (χ1n) is 6.41. The van der Waals surface area contributed by atoms with Crippen molar-refractivity contribution >= 4 is 5.69 Å². The van der Waals surface area contributed by atoms with Crippen molar-refractivity contribution in [2.75, 3.05) is 18.0 Å². The van der Waals surface area contributed by atoms with Crippen LogP contribution in [0, 0.1) is 18.8 Å². The molecule has 0 saturated carbocycles. The summed E-state index contributed by atoms with van der Waals surface area (Å²) in [6.45, 7) is 8.84. The first-order valence-corrected chi connectivity index (χ1v) is 6.41.